The summed E-state index contributed by atoms with van der Waals surface area (Å²) in [6, 6.07) is -1.82. The fraction of sp³-hybridized carbons (Fsp3) is 0.727. The fourth-order valence-electron chi connectivity index (χ4n) is 5.22. The van der Waals surface area contributed by atoms with Crippen LogP contribution in [0.25, 0.3) is 0 Å². The summed E-state index contributed by atoms with van der Waals surface area (Å²) in [4.78, 5) is 64.2. The van der Waals surface area contributed by atoms with Crippen LogP contribution in [0.3, 0.4) is 0 Å². The van der Waals surface area contributed by atoms with Gasteiger partial charge in [-0.25, -0.2) is 4.79 Å². The Morgan fingerprint density at radius 2 is 1.50 bits per heavy atom. The molecule has 4 amide bonds. The molecule has 0 aromatic heterocycles. The number of carbonyl (C=O) groups excluding carboxylic acids is 5. The topological polar surface area (TPSA) is 168 Å². The van der Waals surface area contributed by atoms with Crippen LogP contribution in [0.4, 0.5) is 0 Å². The van der Waals surface area contributed by atoms with Crippen molar-refractivity contribution in [3.8, 4) is 0 Å². The monoisotopic (exact) mass is 620 g/mol. The first-order valence-electron chi connectivity index (χ1n) is 16.1. The third-order valence-corrected chi connectivity index (χ3v) is 8.06. The van der Waals surface area contributed by atoms with E-state index in [1.165, 1.54) is 58.1 Å². The maximum Gasteiger partial charge on any atom is 0.332 e. The third-order valence-electron chi connectivity index (χ3n) is 8.06. The number of ether oxygens (including phenoxy) is 1. The molecule has 5 N–H and O–H groups in total. The number of aliphatic hydroxyl groups excluding tert-OH is 1. The lowest BCUT2D eigenvalue weighted by Gasteiger charge is -2.31. The van der Waals surface area contributed by atoms with Crippen LogP contribution in [0.5, 0.6) is 0 Å². The van der Waals surface area contributed by atoms with Gasteiger partial charge in [0.15, 0.2) is 12.1 Å². The number of esters is 1. The molecule has 1 heterocycles. The minimum absolute atomic E-state index is 0.151. The van der Waals surface area contributed by atoms with E-state index in [4.69, 9.17) is 10.5 Å². The molecule has 1 aliphatic rings. The van der Waals surface area contributed by atoms with Crippen LogP contribution >= 0.6 is 0 Å². The molecule has 0 bridgehead atoms. The smallest absolute Gasteiger partial charge is 0.332 e. The average molecular weight is 621 g/mol. The number of hydrogen-bond donors (Lipinski definition) is 4. The van der Waals surface area contributed by atoms with Gasteiger partial charge in [-0.3, -0.25) is 19.2 Å². The minimum Gasteiger partial charge on any atom is -0.460 e. The third kappa shape index (κ3) is 15.0. The van der Waals surface area contributed by atoms with Crippen LogP contribution < -0.4 is 16.4 Å². The molecule has 0 spiro atoms. The van der Waals surface area contributed by atoms with Gasteiger partial charge in [-0.2, -0.15) is 0 Å². The van der Waals surface area contributed by atoms with E-state index in [1.807, 2.05) is 6.92 Å². The molecule has 5 atom stereocenters. The van der Waals surface area contributed by atoms with Crippen molar-refractivity contribution in [1.82, 2.24) is 15.5 Å². The standard InChI is InChI=1S/C33H56N4O7/c1-22(2)17-15-13-11-9-7-8-10-12-14-16-18-23(3)30-25(5)32(42)35-24(4)19-20-27(39)37(6)21-26(38)36-28(33(43)44-30)29(40)31(34)41/h19-20,22-23,25,28-30,40H,4,7-18,21H2,1-3,5-6H3,(H2,34,41)(H,35,42)(H,36,38)/b20-19+/t23-,25+,28+,29+,30?/m1/s1. The van der Waals surface area contributed by atoms with Gasteiger partial charge in [-0.05, 0) is 24.3 Å². The number of allylic oxidation sites excluding steroid dienone is 1. The predicted molar refractivity (Wildman–Crippen MR) is 170 cm³/mol. The predicted octanol–water partition coefficient (Wildman–Crippen LogP) is 3.50. The van der Waals surface area contributed by atoms with Gasteiger partial charge >= 0.3 is 5.97 Å². The Morgan fingerprint density at radius 1 is 0.977 bits per heavy atom. The number of nitrogens with one attached hydrogen (secondary N) is 2. The van der Waals surface area contributed by atoms with Crippen molar-refractivity contribution < 1.29 is 33.8 Å². The molecule has 11 nitrogen and oxygen atoms in total. The van der Waals surface area contributed by atoms with Gasteiger partial charge in [0.2, 0.25) is 23.6 Å². The van der Waals surface area contributed by atoms with Gasteiger partial charge in [0.1, 0.15) is 6.10 Å². The van der Waals surface area contributed by atoms with Gasteiger partial charge in [0.25, 0.3) is 0 Å². The lowest BCUT2D eigenvalue weighted by atomic mass is 9.88. The number of hydrogen-bond acceptors (Lipinski definition) is 7. The summed E-state index contributed by atoms with van der Waals surface area (Å²) >= 11 is 0. The van der Waals surface area contributed by atoms with E-state index in [9.17, 15) is 29.1 Å². The molecule has 250 valence electrons. The Hall–Kier alpha value is -3.21. The lowest BCUT2D eigenvalue weighted by molar-refractivity contribution is -0.165. The van der Waals surface area contributed by atoms with Crippen LogP contribution in [-0.4, -0.2) is 71.4 Å². The Labute approximate surface area is 263 Å². The number of aliphatic hydroxyl groups is 1. The molecule has 0 fully saturated rings. The first-order valence-corrected chi connectivity index (χ1v) is 16.1. The van der Waals surface area contributed by atoms with Crippen molar-refractivity contribution in [2.45, 2.75) is 123 Å². The largest absolute Gasteiger partial charge is 0.460 e. The zero-order valence-electron chi connectivity index (χ0n) is 27.4. The van der Waals surface area contributed by atoms with Crippen LogP contribution in [0.2, 0.25) is 0 Å². The fourth-order valence-corrected chi connectivity index (χ4v) is 5.22. The minimum atomic E-state index is -2.08. The molecule has 0 saturated heterocycles. The summed E-state index contributed by atoms with van der Waals surface area (Å²) in [6.07, 6.45) is 13.2. The van der Waals surface area contributed by atoms with Gasteiger partial charge in [0.05, 0.1) is 12.5 Å². The molecule has 1 unspecified atom stereocenters. The Bertz CT molecular complexity index is 997. The zero-order valence-corrected chi connectivity index (χ0v) is 27.4. The molecule has 0 aliphatic carbocycles. The molecule has 0 radical (unpaired) electrons. The highest BCUT2D eigenvalue weighted by atomic mass is 16.5. The number of primary amides is 1. The molecule has 0 aromatic carbocycles. The van der Waals surface area contributed by atoms with Crippen LogP contribution in [0.15, 0.2) is 24.4 Å². The number of nitrogens with two attached hydrogens (primary N) is 1. The van der Waals surface area contributed by atoms with Gasteiger partial charge in [-0.15, -0.1) is 0 Å². The summed E-state index contributed by atoms with van der Waals surface area (Å²) < 4.78 is 5.74. The molecule has 44 heavy (non-hydrogen) atoms. The van der Waals surface area contributed by atoms with Crippen molar-refractivity contribution >= 4 is 29.6 Å². The molecular weight excluding hydrogens is 564 g/mol. The number of rotatable bonds is 16. The Kier molecular flexibility index (Phi) is 18.3. The number of cyclic esters (lactones) is 1. The van der Waals surface area contributed by atoms with Gasteiger partial charge in [-0.1, -0.05) is 105 Å². The van der Waals surface area contributed by atoms with Crippen molar-refractivity contribution in [2.24, 2.45) is 23.5 Å². The SMILES string of the molecule is C=C1/C=C/C(=O)N(C)CC(=O)N[C@@H]([C@H](O)C(N)=O)C(=O)OC([C@H](C)CCCCCCCCCCCCC(C)C)[C@H](C)C(=O)N1. The first kappa shape index (κ1) is 38.8. The van der Waals surface area contributed by atoms with E-state index < -0.39 is 60.3 Å². The van der Waals surface area contributed by atoms with Gasteiger partial charge < -0.3 is 31.1 Å². The molecule has 0 aromatic rings. The second-order valence-electron chi connectivity index (χ2n) is 12.6. The number of likely N-dealkylation sites (N-methyl/N-ethyl adjacent to an activating group) is 1. The maximum absolute atomic E-state index is 13.3. The average Bonchev–Trinajstić information content (AvgIpc) is 2.96. The quantitative estimate of drug-likeness (QED) is 0.151. The van der Waals surface area contributed by atoms with E-state index in [0.717, 1.165) is 42.6 Å². The van der Waals surface area contributed by atoms with Crippen molar-refractivity contribution in [1.29, 1.82) is 0 Å². The Balaban J connectivity index is 2.86. The second-order valence-corrected chi connectivity index (χ2v) is 12.6. The summed E-state index contributed by atoms with van der Waals surface area (Å²) in [5.74, 6) is -4.56. The van der Waals surface area contributed by atoms with E-state index in [0.29, 0.717) is 6.42 Å². The van der Waals surface area contributed by atoms with Gasteiger partial charge in [0, 0.05) is 18.8 Å². The molecule has 11 heteroatoms. The second kappa shape index (κ2) is 20.7. The van der Waals surface area contributed by atoms with Crippen molar-refractivity contribution in [2.75, 3.05) is 13.6 Å². The highest BCUT2D eigenvalue weighted by molar-refractivity contribution is 5.95. The normalized spacial score (nSPS) is 22.8. The highest BCUT2D eigenvalue weighted by Crippen LogP contribution is 2.25. The lowest BCUT2D eigenvalue weighted by Crippen LogP contribution is -2.57. The first-order chi connectivity index (χ1) is 20.7. The van der Waals surface area contributed by atoms with E-state index in [-0.39, 0.29) is 11.6 Å². The van der Waals surface area contributed by atoms with Crippen LogP contribution in [0, 0.1) is 17.8 Å². The number of carbonyl (C=O) groups is 5. The van der Waals surface area contributed by atoms with Crippen LogP contribution in [0.1, 0.15) is 105 Å². The summed E-state index contributed by atoms with van der Waals surface area (Å²) in [5.41, 5.74) is 5.38. The zero-order chi connectivity index (χ0) is 33.2. The number of amides is 4. The molecular formula is C33H56N4O7. The van der Waals surface area contributed by atoms with E-state index in [1.54, 1.807) is 6.92 Å². The Morgan fingerprint density at radius 3 is 2.02 bits per heavy atom. The van der Waals surface area contributed by atoms with E-state index in [2.05, 4.69) is 31.1 Å². The number of nitrogens with zero attached hydrogens (tertiary/aromatic N) is 1. The van der Waals surface area contributed by atoms with Crippen molar-refractivity contribution in [3.05, 3.63) is 24.4 Å². The van der Waals surface area contributed by atoms with Crippen LogP contribution in [-0.2, 0) is 28.7 Å². The highest BCUT2D eigenvalue weighted by Gasteiger charge is 2.39. The van der Waals surface area contributed by atoms with Crippen molar-refractivity contribution in [3.63, 3.8) is 0 Å². The van der Waals surface area contributed by atoms with E-state index >= 15 is 0 Å². The summed E-state index contributed by atoms with van der Waals surface area (Å²) in [7, 11) is 1.35. The number of unbranched alkanes of at least 4 members (excludes halogenated alkanes) is 9. The summed E-state index contributed by atoms with van der Waals surface area (Å²) in [6.45, 7) is 11.3. The molecule has 0 saturated carbocycles. The summed E-state index contributed by atoms with van der Waals surface area (Å²) in [5, 5.41) is 15.2. The molecule has 1 aliphatic heterocycles. The molecule has 1 rings (SSSR count). The maximum atomic E-state index is 13.3.